The molecule has 0 spiro atoms. The third-order valence-electron chi connectivity index (χ3n) is 3.33. The number of amides is 1. The third-order valence-corrected chi connectivity index (χ3v) is 4.26. The van der Waals surface area contributed by atoms with Crippen molar-refractivity contribution in [2.24, 2.45) is 7.05 Å². The molecule has 0 atom stereocenters. The number of carbonyl (C=O) groups is 1. The van der Waals surface area contributed by atoms with E-state index in [0.29, 0.717) is 22.3 Å². The number of ether oxygens (including phenoxy) is 2. The minimum atomic E-state index is -0.266. The largest absolute Gasteiger partial charge is 0.454 e. The SMILES string of the molecule is Cc1cn(C)nc1C(=O)Nc1nc2cc3c(cc2s1)OCO3. The summed E-state index contributed by atoms with van der Waals surface area (Å²) >= 11 is 1.39. The molecule has 0 fully saturated rings. The van der Waals surface area contributed by atoms with Crippen molar-refractivity contribution in [2.45, 2.75) is 6.92 Å². The molecule has 7 nitrogen and oxygen atoms in total. The number of anilines is 1. The van der Waals surface area contributed by atoms with Crippen molar-refractivity contribution in [1.82, 2.24) is 14.8 Å². The van der Waals surface area contributed by atoms with Gasteiger partial charge in [-0.2, -0.15) is 5.10 Å². The number of fused-ring (bicyclic) bond motifs is 2. The predicted octanol–water partition coefficient (Wildman–Crippen LogP) is 2.32. The van der Waals surface area contributed by atoms with Crippen LogP contribution >= 0.6 is 11.3 Å². The molecule has 0 bridgehead atoms. The summed E-state index contributed by atoms with van der Waals surface area (Å²) in [7, 11) is 1.78. The van der Waals surface area contributed by atoms with E-state index < -0.39 is 0 Å². The molecule has 1 N–H and O–H groups in total. The summed E-state index contributed by atoms with van der Waals surface area (Å²) < 4.78 is 13.2. The van der Waals surface area contributed by atoms with Crippen LogP contribution in [0.5, 0.6) is 11.5 Å². The Hall–Kier alpha value is -2.61. The molecule has 1 amide bonds. The van der Waals surface area contributed by atoms with E-state index in [1.165, 1.54) is 11.3 Å². The van der Waals surface area contributed by atoms with Crippen LogP contribution in [0, 0.1) is 6.92 Å². The molecule has 1 aliphatic rings. The monoisotopic (exact) mass is 316 g/mol. The summed E-state index contributed by atoms with van der Waals surface area (Å²) in [5, 5.41) is 7.46. The van der Waals surface area contributed by atoms with E-state index in [1.807, 2.05) is 19.1 Å². The number of aryl methyl sites for hydroxylation is 2. The van der Waals surface area contributed by atoms with Gasteiger partial charge in [0.15, 0.2) is 22.3 Å². The van der Waals surface area contributed by atoms with Crippen LogP contribution in [0.4, 0.5) is 5.13 Å². The molecule has 112 valence electrons. The summed E-state index contributed by atoms with van der Waals surface area (Å²) in [5.41, 5.74) is 1.99. The van der Waals surface area contributed by atoms with Crippen LogP contribution < -0.4 is 14.8 Å². The number of carbonyl (C=O) groups excluding carboxylic acids is 1. The van der Waals surface area contributed by atoms with E-state index >= 15 is 0 Å². The Kier molecular flexibility index (Phi) is 2.80. The van der Waals surface area contributed by atoms with Crippen LogP contribution in [0.3, 0.4) is 0 Å². The van der Waals surface area contributed by atoms with Gasteiger partial charge in [-0.3, -0.25) is 14.8 Å². The standard InChI is InChI=1S/C14H12N4O3S/c1-7-5-18(2)17-12(7)13(19)16-14-15-8-3-9-10(21-6-20-9)4-11(8)22-14/h3-5H,6H2,1-2H3,(H,15,16,19). The lowest BCUT2D eigenvalue weighted by atomic mass is 10.3. The maximum absolute atomic E-state index is 12.3. The van der Waals surface area contributed by atoms with Crippen LogP contribution in [0.25, 0.3) is 10.2 Å². The number of hydrogen-bond donors (Lipinski definition) is 1. The van der Waals surface area contributed by atoms with Crippen LogP contribution in [-0.4, -0.2) is 27.5 Å². The highest BCUT2D eigenvalue weighted by Crippen LogP contribution is 2.38. The van der Waals surface area contributed by atoms with Crippen molar-refractivity contribution < 1.29 is 14.3 Å². The van der Waals surface area contributed by atoms with E-state index in [9.17, 15) is 4.79 Å². The van der Waals surface area contributed by atoms with Gasteiger partial charge in [-0.1, -0.05) is 11.3 Å². The summed E-state index contributed by atoms with van der Waals surface area (Å²) in [4.78, 5) is 16.7. The molecule has 3 heterocycles. The Balaban J connectivity index is 1.64. The fourth-order valence-electron chi connectivity index (χ4n) is 2.36. The summed E-state index contributed by atoms with van der Waals surface area (Å²) in [5.74, 6) is 1.11. The topological polar surface area (TPSA) is 78.3 Å². The number of nitrogens with one attached hydrogen (secondary N) is 1. The number of rotatable bonds is 2. The fraction of sp³-hybridized carbons (Fsp3) is 0.214. The number of thiazole rings is 1. The zero-order valence-electron chi connectivity index (χ0n) is 11.9. The molecule has 8 heteroatoms. The lowest BCUT2D eigenvalue weighted by Gasteiger charge is -1.98. The highest BCUT2D eigenvalue weighted by molar-refractivity contribution is 7.22. The van der Waals surface area contributed by atoms with E-state index in [0.717, 1.165) is 15.8 Å². The first kappa shape index (κ1) is 13.1. The second-order valence-corrected chi connectivity index (χ2v) is 6.01. The van der Waals surface area contributed by atoms with E-state index in [4.69, 9.17) is 9.47 Å². The number of hydrogen-bond acceptors (Lipinski definition) is 6. The van der Waals surface area contributed by atoms with Crippen LogP contribution in [-0.2, 0) is 7.05 Å². The number of nitrogens with zero attached hydrogens (tertiary/aromatic N) is 3. The molecule has 0 aliphatic carbocycles. The number of benzene rings is 1. The van der Waals surface area contributed by atoms with Gasteiger partial charge in [0.1, 0.15) is 0 Å². The third kappa shape index (κ3) is 2.08. The second-order valence-electron chi connectivity index (χ2n) is 4.98. The van der Waals surface area contributed by atoms with Gasteiger partial charge in [-0.25, -0.2) is 4.98 Å². The Morgan fingerprint density at radius 2 is 2.14 bits per heavy atom. The quantitative estimate of drug-likeness (QED) is 0.785. The summed E-state index contributed by atoms with van der Waals surface area (Å²) in [6.45, 7) is 2.08. The maximum Gasteiger partial charge on any atom is 0.278 e. The van der Waals surface area contributed by atoms with Gasteiger partial charge in [0, 0.05) is 30.9 Å². The zero-order valence-corrected chi connectivity index (χ0v) is 12.7. The van der Waals surface area contributed by atoms with Crippen LogP contribution in [0.15, 0.2) is 18.3 Å². The Morgan fingerprint density at radius 1 is 1.36 bits per heavy atom. The molecular formula is C14H12N4O3S. The lowest BCUT2D eigenvalue weighted by molar-refractivity contribution is 0.102. The van der Waals surface area contributed by atoms with Gasteiger partial charge in [-0.05, 0) is 6.92 Å². The van der Waals surface area contributed by atoms with Gasteiger partial charge in [-0.15, -0.1) is 0 Å². The highest BCUT2D eigenvalue weighted by atomic mass is 32.1. The molecule has 0 radical (unpaired) electrons. The van der Waals surface area contributed by atoms with Gasteiger partial charge in [0.25, 0.3) is 5.91 Å². The second kappa shape index (κ2) is 4.70. The molecule has 22 heavy (non-hydrogen) atoms. The first-order valence-corrected chi connectivity index (χ1v) is 7.43. The van der Waals surface area contributed by atoms with E-state index in [2.05, 4.69) is 15.4 Å². The molecular weight excluding hydrogens is 304 g/mol. The normalized spacial score (nSPS) is 12.8. The van der Waals surface area contributed by atoms with Crippen molar-refractivity contribution in [1.29, 1.82) is 0 Å². The Labute approximate surface area is 129 Å². The van der Waals surface area contributed by atoms with Gasteiger partial charge in [0.2, 0.25) is 6.79 Å². The Morgan fingerprint density at radius 3 is 2.86 bits per heavy atom. The van der Waals surface area contributed by atoms with Gasteiger partial charge >= 0.3 is 0 Å². The minimum absolute atomic E-state index is 0.231. The molecule has 0 unspecified atom stereocenters. The maximum atomic E-state index is 12.3. The van der Waals surface area contributed by atoms with Crippen molar-refractivity contribution >= 4 is 32.6 Å². The average Bonchev–Trinajstić information content (AvgIpc) is 3.13. The fourth-order valence-corrected chi connectivity index (χ4v) is 3.23. The first-order chi connectivity index (χ1) is 10.6. The lowest BCUT2D eigenvalue weighted by Crippen LogP contribution is -2.13. The van der Waals surface area contributed by atoms with Gasteiger partial charge in [0.05, 0.1) is 10.2 Å². The summed E-state index contributed by atoms with van der Waals surface area (Å²) in [6, 6.07) is 3.69. The van der Waals surface area contributed by atoms with Crippen molar-refractivity contribution in [3.63, 3.8) is 0 Å². The summed E-state index contributed by atoms with van der Waals surface area (Å²) in [6.07, 6.45) is 1.80. The van der Waals surface area contributed by atoms with E-state index in [-0.39, 0.29) is 12.7 Å². The molecule has 3 aromatic rings. The highest BCUT2D eigenvalue weighted by Gasteiger charge is 2.18. The zero-order chi connectivity index (χ0) is 15.3. The smallest absolute Gasteiger partial charge is 0.278 e. The molecule has 1 aliphatic heterocycles. The predicted molar refractivity (Wildman–Crippen MR) is 81.6 cm³/mol. The van der Waals surface area contributed by atoms with Crippen molar-refractivity contribution in [3.05, 3.63) is 29.6 Å². The van der Waals surface area contributed by atoms with E-state index in [1.54, 1.807) is 17.9 Å². The molecule has 4 rings (SSSR count). The van der Waals surface area contributed by atoms with Crippen LogP contribution in [0.2, 0.25) is 0 Å². The van der Waals surface area contributed by atoms with Crippen molar-refractivity contribution in [3.8, 4) is 11.5 Å². The van der Waals surface area contributed by atoms with Crippen LogP contribution in [0.1, 0.15) is 16.1 Å². The minimum Gasteiger partial charge on any atom is -0.454 e. The molecule has 1 aromatic carbocycles. The molecule has 0 saturated carbocycles. The van der Waals surface area contributed by atoms with Crippen molar-refractivity contribution in [2.75, 3.05) is 12.1 Å². The average molecular weight is 316 g/mol. The molecule has 2 aromatic heterocycles. The Bertz CT molecular complexity index is 858. The molecule has 0 saturated heterocycles. The number of aromatic nitrogens is 3. The first-order valence-electron chi connectivity index (χ1n) is 6.62. The van der Waals surface area contributed by atoms with Gasteiger partial charge < -0.3 is 9.47 Å².